The van der Waals surface area contributed by atoms with Crippen LogP contribution in [-0.2, 0) is 9.53 Å². The maximum atomic E-state index is 10.5. The fraction of sp³-hybridized carbons (Fsp3) is 0.917. The molecular weight excluding hydrogens is 206 g/mol. The lowest BCUT2D eigenvalue weighted by molar-refractivity contribution is -0.137. The van der Waals surface area contributed by atoms with Crippen LogP contribution in [0.2, 0.25) is 0 Å². The molecule has 0 spiro atoms. The van der Waals surface area contributed by atoms with Crippen LogP contribution in [0.15, 0.2) is 0 Å². The number of hydrogen-bond acceptors (Lipinski definition) is 3. The Labute approximate surface area is 97.6 Å². The largest absolute Gasteiger partial charge is 0.481 e. The van der Waals surface area contributed by atoms with Gasteiger partial charge in [-0.3, -0.25) is 4.79 Å². The SMILES string of the molecule is CCOCC1(C)CCN(CCC(=O)O)CC1. The first-order valence-corrected chi connectivity index (χ1v) is 6.08. The summed E-state index contributed by atoms with van der Waals surface area (Å²) in [5.74, 6) is -0.706. The number of carboxylic acids is 1. The van der Waals surface area contributed by atoms with E-state index in [9.17, 15) is 4.79 Å². The first-order valence-electron chi connectivity index (χ1n) is 6.08. The van der Waals surface area contributed by atoms with Crippen LogP contribution in [0, 0.1) is 5.41 Å². The quantitative estimate of drug-likeness (QED) is 0.751. The fourth-order valence-corrected chi connectivity index (χ4v) is 2.06. The van der Waals surface area contributed by atoms with Gasteiger partial charge in [0, 0.05) is 13.2 Å². The van der Waals surface area contributed by atoms with E-state index in [4.69, 9.17) is 9.84 Å². The van der Waals surface area contributed by atoms with Crippen molar-refractivity contribution in [3.63, 3.8) is 0 Å². The number of carboxylic acid groups (broad SMARTS) is 1. The van der Waals surface area contributed by atoms with Crippen LogP contribution in [0.1, 0.15) is 33.1 Å². The molecule has 0 aromatic rings. The molecule has 0 atom stereocenters. The molecule has 0 bridgehead atoms. The number of rotatable bonds is 6. The summed E-state index contributed by atoms with van der Waals surface area (Å²) in [7, 11) is 0. The number of likely N-dealkylation sites (tertiary alicyclic amines) is 1. The Balaban J connectivity index is 2.24. The van der Waals surface area contributed by atoms with E-state index in [-0.39, 0.29) is 11.8 Å². The smallest absolute Gasteiger partial charge is 0.304 e. The first-order chi connectivity index (χ1) is 7.56. The van der Waals surface area contributed by atoms with Gasteiger partial charge < -0.3 is 14.7 Å². The summed E-state index contributed by atoms with van der Waals surface area (Å²) < 4.78 is 5.50. The molecule has 1 rings (SSSR count). The Morgan fingerprint density at radius 3 is 2.56 bits per heavy atom. The molecule has 1 N–H and O–H groups in total. The van der Waals surface area contributed by atoms with Crippen molar-refractivity contribution in [2.75, 3.05) is 32.8 Å². The molecule has 16 heavy (non-hydrogen) atoms. The first kappa shape index (κ1) is 13.5. The van der Waals surface area contributed by atoms with Gasteiger partial charge in [-0.25, -0.2) is 0 Å². The third kappa shape index (κ3) is 4.49. The number of carbonyl (C=O) groups is 1. The second kappa shape index (κ2) is 6.21. The maximum absolute atomic E-state index is 10.5. The minimum atomic E-state index is -0.706. The number of nitrogens with zero attached hydrogens (tertiary/aromatic N) is 1. The zero-order chi connectivity index (χ0) is 12.0. The zero-order valence-corrected chi connectivity index (χ0v) is 10.4. The average Bonchev–Trinajstić information content (AvgIpc) is 2.26. The summed E-state index contributed by atoms with van der Waals surface area (Å²) in [4.78, 5) is 12.7. The predicted octanol–water partition coefficient (Wildman–Crippen LogP) is 1.60. The van der Waals surface area contributed by atoms with Crippen LogP contribution in [0.3, 0.4) is 0 Å². The van der Waals surface area contributed by atoms with Gasteiger partial charge in [-0.2, -0.15) is 0 Å². The lowest BCUT2D eigenvalue weighted by Gasteiger charge is -2.39. The minimum Gasteiger partial charge on any atom is -0.481 e. The monoisotopic (exact) mass is 229 g/mol. The van der Waals surface area contributed by atoms with E-state index in [1.165, 1.54) is 0 Å². The Bertz CT molecular complexity index is 222. The molecule has 4 heteroatoms. The molecule has 0 amide bonds. The third-order valence-electron chi connectivity index (χ3n) is 3.36. The highest BCUT2D eigenvalue weighted by Gasteiger charge is 2.30. The molecule has 94 valence electrons. The average molecular weight is 229 g/mol. The molecule has 1 aliphatic heterocycles. The Morgan fingerprint density at radius 1 is 1.44 bits per heavy atom. The van der Waals surface area contributed by atoms with Gasteiger partial charge in [-0.1, -0.05) is 6.92 Å². The Morgan fingerprint density at radius 2 is 2.06 bits per heavy atom. The van der Waals surface area contributed by atoms with Crippen molar-refractivity contribution >= 4 is 5.97 Å². The molecule has 0 aliphatic carbocycles. The van der Waals surface area contributed by atoms with Crippen molar-refractivity contribution in [3.05, 3.63) is 0 Å². The normalized spacial score (nSPS) is 20.9. The van der Waals surface area contributed by atoms with Crippen LogP contribution in [-0.4, -0.2) is 48.8 Å². The molecule has 1 saturated heterocycles. The van der Waals surface area contributed by atoms with E-state index in [1.54, 1.807) is 0 Å². The second-order valence-corrected chi connectivity index (χ2v) is 4.93. The summed E-state index contributed by atoms with van der Waals surface area (Å²) >= 11 is 0. The van der Waals surface area contributed by atoms with Crippen LogP contribution in [0.5, 0.6) is 0 Å². The lowest BCUT2D eigenvalue weighted by atomic mass is 9.81. The van der Waals surface area contributed by atoms with Gasteiger partial charge in [-0.05, 0) is 38.3 Å². The summed E-state index contributed by atoms with van der Waals surface area (Å²) in [6.07, 6.45) is 2.46. The standard InChI is InChI=1S/C12H23NO3/c1-3-16-10-12(2)5-8-13(9-6-12)7-4-11(14)15/h3-10H2,1-2H3,(H,14,15). The van der Waals surface area contributed by atoms with Crippen molar-refractivity contribution in [2.24, 2.45) is 5.41 Å². The molecule has 1 fully saturated rings. The maximum Gasteiger partial charge on any atom is 0.304 e. The van der Waals surface area contributed by atoms with E-state index in [2.05, 4.69) is 11.8 Å². The van der Waals surface area contributed by atoms with E-state index in [0.29, 0.717) is 6.54 Å². The second-order valence-electron chi connectivity index (χ2n) is 4.93. The molecule has 0 radical (unpaired) electrons. The van der Waals surface area contributed by atoms with Crippen molar-refractivity contribution in [1.82, 2.24) is 4.90 Å². The molecule has 1 aliphatic rings. The van der Waals surface area contributed by atoms with Gasteiger partial charge in [0.2, 0.25) is 0 Å². The topological polar surface area (TPSA) is 49.8 Å². The summed E-state index contributed by atoms with van der Waals surface area (Å²) in [5, 5.41) is 8.62. The molecule has 0 aromatic carbocycles. The van der Waals surface area contributed by atoms with Crippen molar-refractivity contribution in [3.8, 4) is 0 Å². The van der Waals surface area contributed by atoms with Gasteiger partial charge in [0.1, 0.15) is 0 Å². The van der Waals surface area contributed by atoms with Gasteiger partial charge in [0.05, 0.1) is 13.0 Å². The van der Waals surface area contributed by atoms with Gasteiger partial charge >= 0.3 is 5.97 Å². The fourth-order valence-electron chi connectivity index (χ4n) is 2.06. The van der Waals surface area contributed by atoms with Crippen LogP contribution in [0.4, 0.5) is 0 Å². The molecule has 0 unspecified atom stereocenters. The summed E-state index contributed by atoms with van der Waals surface area (Å²) in [5.41, 5.74) is 0.287. The van der Waals surface area contributed by atoms with E-state index >= 15 is 0 Å². The lowest BCUT2D eigenvalue weighted by Crippen LogP contribution is -2.41. The molecule has 1 heterocycles. The molecular formula is C12H23NO3. The Hall–Kier alpha value is -0.610. The zero-order valence-electron chi connectivity index (χ0n) is 10.4. The predicted molar refractivity (Wildman–Crippen MR) is 62.5 cm³/mol. The van der Waals surface area contributed by atoms with Crippen molar-refractivity contribution in [2.45, 2.75) is 33.1 Å². The molecule has 4 nitrogen and oxygen atoms in total. The van der Waals surface area contributed by atoms with Crippen LogP contribution in [0.25, 0.3) is 0 Å². The highest BCUT2D eigenvalue weighted by molar-refractivity contribution is 5.66. The van der Waals surface area contributed by atoms with Crippen molar-refractivity contribution in [1.29, 1.82) is 0 Å². The molecule has 0 aromatic heterocycles. The summed E-state index contributed by atoms with van der Waals surface area (Å²) in [6, 6.07) is 0. The van der Waals surface area contributed by atoms with Crippen molar-refractivity contribution < 1.29 is 14.6 Å². The Kier molecular flexibility index (Phi) is 5.22. The van der Waals surface area contributed by atoms with E-state index < -0.39 is 5.97 Å². The van der Waals surface area contributed by atoms with Crippen LogP contribution < -0.4 is 0 Å². The van der Waals surface area contributed by atoms with E-state index in [0.717, 1.165) is 39.1 Å². The minimum absolute atomic E-state index is 0.252. The highest BCUT2D eigenvalue weighted by atomic mass is 16.5. The highest BCUT2D eigenvalue weighted by Crippen LogP contribution is 2.31. The van der Waals surface area contributed by atoms with Crippen LogP contribution >= 0.6 is 0 Å². The number of ether oxygens (including phenoxy) is 1. The summed E-state index contributed by atoms with van der Waals surface area (Å²) in [6.45, 7) is 8.56. The van der Waals surface area contributed by atoms with Gasteiger partial charge in [0.15, 0.2) is 0 Å². The number of piperidine rings is 1. The number of aliphatic carboxylic acids is 1. The third-order valence-corrected chi connectivity index (χ3v) is 3.36. The number of hydrogen-bond donors (Lipinski definition) is 1. The molecule has 0 saturated carbocycles. The van der Waals surface area contributed by atoms with Gasteiger partial charge in [0.25, 0.3) is 0 Å². The van der Waals surface area contributed by atoms with E-state index in [1.807, 2.05) is 6.92 Å². The van der Waals surface area contributed by atoms with Gasteiger partial charge in [-0.15, -0.1) is 0 Å².